The number of aromatic hydroxyl groups is 2. The molecule has 1 aromatic heterocycles. The van der Waals surface area contributed by atoms with E-state index < -0.39 is 0 Å². The van der Waals surface area contributed by atoms with E-state index in [1.165, 1.54) is 38.5 Å². The van der Waals surface area contributed by atoms with Gasteiger partial charge in [0.2, 0.25) is 16.9 Å². The van der Waals surface area contributed by atoms with E-state index in [1.54, 1.807) is 0 Å². The minimum absolute atomic E-state index is 0.0427. The molecule has 6 nitrogen and oxygen atoms in total. The summed E-state index contributed by atoms with van der Waals surface area (Å²) in [6, 6.07) is 5.48. The summed E-state index contributed by atoms with van der Waals surface area (Å²) >= 11 is 0. The number of fused-ring (bicyclic) bond motifs is 2. The first-order valence-electron chi connectivity index (χ1n) is 6.10. The van der Waals surface area contributed by atoms with Crippen molar-refractivity contribution in [2.45, 2.75) is 0 Å². The predicted octanol–water partition coefficient (Wildman–Crippen LogP) is 2.37. The molecule has 2 N–H and O–H groups in total. The summed E-state index contributed by atoms with van der Waals surface area (Å²) in [6.45, 7) is 0. The van der Waals surface area contributed by atoms with Gasteiger partial charge < -0.3 is 24.1 Å². The largest absolute Gasteiger partial charge is 0.508 e. The summed E-state index contributed by atoms with van der Waals surface area (Å²) in [6.07, 6.45) is 0. The van der Waals surface area contributed by atoms with E-state index in [9.17, 15) is 15.0 Å². The molecule has 0 radical (unpaired) electrons. The number of phenols is 2. The number of ether oxygens (including phenoxy) is 2. The third-order valence-corrected chi connectivity index (χ3v) is 3.24. The first-order chi connectivity index (χ1) is 10.1. The molecule has 21 heavy (non-hydrogen) atoms. The Morgan fingerprint density at radius 2 is 1.71 bits per heavy atom. The van der Waals surface area contributed by atoms with Crippen molar-refractivity contribution in [1.29, 1.82) is 0 Å². The molecule has 3 rings (SSSR count). The van der Waals surface area contributed by atoms with Gasteiger partial charge in [-0.05, 0) is 24.3 Å². The van der Waals surface area contributed by atoms with Crippen molar-refractivity contribution in [3.8, 4) is 23.0 Å². The SMILES string of the molecule is COc1c(O)cc2c(=O)c3cc(O)ccc3oc2c1OC. The lowest BCUT2D eigenvalue weighted by atomic mass is 10.1. The Hall–Kier alpha value is -2.89. The first kappa shape index (κ1) is 13.1. The predicted molar refractivity (Wildman–Crippen MR) is 76.4 cm³/mol. The molecule has 0 spiro atoms. The van der Waals surface area contributed by atoms with Gasteiger partial charge >= 0.3 is 0 Å². The number of hydrogen-bond donors (Lipinski definition) is 2. The zero-order valence-corrected chi connectivity index (χ0v) is 11.3. The molecule has 6 heteroatoms. The molecule has 0 saturated carbocycles. The molecular weight excluding hydrogens is 276 g/mol. The first-order valence-corrected chi connectivity index (χ1v) is 6.10. The number of phenolic OH excluding ortho intramolecular Hbond substituents is 2. The van der Waals surface area contributed by atoms with Gasteiger partial charge in [-0.2, -0.15) is 0 Å². The normalized spacial score (nSPS) is 11.0. The Balaban J connectivity index is 2.56. The molecule has 0 bridgehead atoms. The van der Waals surface area contributed by atoms with Gasteiger partial charge in [-0.15, -0.1) is 0 Å². The van der Waals surface area contributed by atoms with Gasteiger partial charge in [0.15, 0.2) is 11.3 Å². The second-order valence-corrected chi connectivity index (χ2v) is 4.45. The maximum Gasteiger partial charge on any atom is 0.208 e. The molecular formula is C15H12O6. The van der Waals surface area contributed by atoms with E-state index >= 15 is 0 Å². The van der Waals surface area contributed by atoms with Crippen molar-refractivity contribution < 1.29 is 24.1 Å². The maximum atomic E-state index is 12.5. The van der Waals surface area contributed by atoms with Crippen LogP contribution < -0.4 is 14.9 Å². The highest BCUT2D eigenvalue weighted by Gasteiger charge is 2.20. The van der Waals surface area contributed by atoms with Crippen LogP contribution in [-0.4, -0.2) is 24.4 Å². The minimum atomic E-state index is -0.376. The highest BCUT2D eigenvalue weighted by atomic mass is 16.5. The molecule has 0 atom stereocenters. The number of hydrogen-bond acceptors (Lipinski definition) is 6. The molecule has 0 aliphatic rings. The average molecular weight is 288 g/mol. The van der Waals surface area contributed by atoms with Crippen molar-refractivity contribution >= 4 is 21.9 Å². The van der Waals surface area contributed by atoms with Gasteiger partial charge in [0, 0.05) is 0 Å². The van der Waals surface area contributed by atoms with Crippen LogP contribution in [0.3, 0.4) is 0 Å². The second-order valence-electron chi connectivity index (χ2n) is 4.45. The third-order valence-electron chi connectivity index (χ3n) is 3.24. The third kappa shape index (κ3) is 1.84. The lowest BCUT2D eigenvalue weighted by Gasteiger charge is -2.12. The van der Waals surface area contributed by atoms with Gasteiger partial charge in [-0.25, -0.2) is 0 Å². The summed E-state index contributed by atoms with van der Waals surface area (Å²) in [7, 11) is 2.76. The Morgan fingerprint density at radius 1 is 1.00 bits per heavy atom. The smallest absolute Gasteiger partial charge is 0.208 e. The molecule has 108 valence electrons. The summed E-state index contributed by atoms with van der Waals surface area (Å²) in [4.78, 5) is 12.5. The minimum Gasteiger partial charge on any atom is -0.508 e. The summed E-state index contributed by atoms with van der Waals surface area (Å²) < 4.78 is 15.9. The fourth-order valence-electron chi connectivity index (χ4n) is 2.30. The Kier molecular flexibility index (Phi) is 2.86. The van der Waals surface area contributed by atoms with E-state index in [4.69, 9.17) is 13.9 Å². The average Bonchev–Trinajstić information content (AvgIpc) is 2.48. The lowest BCUT2D eigenvalue weighted by Crippen LogP contribution is -2.04. The quantitative estimate of drug-likeness (QED) is 0.704. The maximum absolute atomic E-state index is 12.5. The van der Waals surface area contributed by atoms with Crippen molar-refractivity contribution in [3.63, 3.8) is 0 Å². The fourth-order valence-corrected chi connectivity index (χ4v) is 2.30. The van der Waals surface area contributed by atoms with Crippen LogP contribution >= 0.6 is 0 Å². The molecule has 2 aromatic carbocycles. The zero-order chi connectivity index (χ0) is 15.1. The van der Waals surface area contributed by atoms with E-state index in [0.717, 1.165) is 0 Å². The zero-order valence-electron chi connectivity index (χ0n) is 11.3. The van der Waals surface area contributed by atoms with Crippen molar-refractivity contribution in [2.75, 3.05) is 14.2 Å². The second kappa shape index (κ2) is 4.59. The Bertz CT molecular complexity index is 910. The molecule has 0 fully saturated rings. The van der Waals surface area contributed by atoms with Crippen LogP contribution in [0.15, 0.2) is 33.5 Å². The van der Waals surface area contributed by atoms with Gasteiger partial charge in [0.05, 0.1) is 25.0 Å². The fraction of sp³-hybridized carbons (Fsp3) is 0.133. The number of methoxy groups -OCH3 is 2. The van der Waals surface area contributed by atoms with Crippen LogP contribution in [0.25, 0.3) is 21.9 Å². The van der Waals surface area contributed by atoms with E-state index in [1.807, 2.05) is 0 Å². The van der Waals surface area contributed by atoms with Crippen LogP contribution in [0.2, 0.25) is 0 Å². The number of benzene rings is 2. The highest BCUT2D eigenvalue weighted by molar-refractivity contribution is 5.95. The topological polar surface area (TPSA) is 89.1 Å². The molecule has 0 saturated heterocycles. The van der Waals surface area contributed by atoms with Crippen molar-refractivity contribution in [1.82, 2.24) is 0 Å². The number of rotatable bonds is 2. The van der Waals surface area contributed by atoms with Gasteiger partial charge in [0.25, 0.3) is 0 Å². The van der Waals surface area contributed by atoms with E-state index in [0.29, 0.717) is 5.58 Å². The summed E-state index contributed by atoms with van der Waals surface area (Å²) in [5, 5.41) is 19.8. The standard InChI is InChI=1S/C15H12O6/c1-19-14-10(17)6-9-12(18)8-5-7(16)3-4-11(8)21-13(9)15(14)20-2/h3-6,16-17H,1-2H3. The van der Waals surface area contributed by atoms with Crippen LogP contribution in [0.1, 0.15) is 0 Å². The van der Waals surface area contributed by atoms with Crippen LogP contribution in [0, 0.1) is 0 Å². The summed E-state index contributed by atoms with van der Waals surface area (Å²) in [5.74, 6) is -0.0432. The molecule has 0 aliphatic heterocycles. The van der Waals surface area contributed by atoms with Crippen LogP contribution in [0.4, 0.5) is 0 Å². The highest BCUT2D eigenvalue weighted by Crippen LogP contribution is 2.42. The van der Waals surface area contributed by atoms with Crippen molar-refractivity contribution in [2.24, 2.45) is 0 Å². The van der Waals surface area contributed by atoms with Crippen LogP contribution in [-0.2, 0) is 0 Å². The van der Waals surface area contributed by atoms with E-state index in [-0.39, 0.29) is 44.8 Å². The lowest BCUT2D eigenvalue weighted by molar-refractivity contribution is 0.333. The van der Waals surface area contributed by atoms with Crippen molar-refractivity contribution in [3.05, 3.63) is 34.5 Å². The Morgan fingerprint density at radius 3 is 2.38 bits per heavy atom. The monoisotopic (exact) mass is 288 g/mol. The molecule has 0 unspecified atom stereocenters. The molecule has 1 heterocycles. The summed E-state index contributed by atoms with van der Waals surface area (Å²) in [5.41, 5.74) is 0.102. The van der Waals surface area contributed by atoms with Gasteiger partial charge in [-0.3, -0.25) is 4.79 Å². The van der Waals surface area contributed by atoms with Gasteiger partial charge in [-0.1, -0.05) is 0 Å². The molecule has 0 aliphatic carbocycles. The Labute approximate surface area is 118 Å². The molecule has 0 amide bonds. The van der Waals surface area contributed by atoms with Crippen LogP contribution in [0.5, 0.6) is 23.0 Å². The van der Waals surface area contributed by atoms with Gasteiger partial charge in [0.1, 0.15) is 11.3 Å². The molecule has 3 aromatic rings. The van der Waals surface area contributed by atoms with E-state index in [2.05, 4.69) is 0 Å².